The van der Waals surface area contributed by atoms with E-state index in [1.807, 2.05) is 0 Å². The minimum atomic E-state index is 0.796. The zero-order valence-corrected chi connectivity index (χ0v) is 13.3. The minimum absolute atomic E-state index is 0.796. The molecule has 2 nitrogen and oxygen atoms in total. The zero-order chi connectivity index (χ0) is 13.7. The van der Waals surface area contributed by atoms with Gasteiger partial charge in [0.2, 0.25) is 0 Å². The third-order valence-corrected chi connectivity index (χ3v) is 5.20. The molecule has 2 saturated heterocycles. The number of rotatable bonds is 7. The van der Waals surface area contributed by atoms with E-state index >= 15 is 0 Å². The Morgan fingerprint density at radius 3 is 2.37 bits per heavy atom. The summed E-state index contributed by atoms with van der Waals surface area (Å²) in [5.41, 5.74) is 0. The van der Waals surface area contributed by atoms with Crippen LogP contribution in [0.15, 0.2) is 0 Å². The molecule has 2 heteroatoms. The molecule has 0 amide bonds. The fourth-order valence-electron chi connectivity index (χ4n) is 4.30. The molecule has 0 aliphatic carbocycles. The Balaban J connectivity index is 1.91. The topological polar surface area (TPSA) is 15.3 Å². The molecular weight excluding hydrogens is 232 g/mol. The fourth-order valence-corrected chi connectivity index (χ4v) is 4.30. The van der Waals surface area contributed by atoms with E-state index in [-0.39, 0.29) is 0 Å². The van der Waals surface area contributed by atoms with Crippen LogP contribution in [-0.4, -0.2) is 35.6 Å². The summed E-state index contributed by atoms with van der Waals surface area (Å²) in [6.07, 6.45) is 12.5. The average molecular weight is 266 g/mol. The lowest BCUT2D eigenvalue weighted by Crippen LogP contribution is -2.59. The van der Waals surface area contributed by atoms with Gasteiger partial charge in [-0.3, -0.25) is 4.90 Å². The monoisotopic (exact) mass is 266 g/mol. The molecule has 2 aliphatic heterocycles. The van der Waals surface area contributed by atoms with Gasteiger partial charge in [-0.15, -0.1) is 0 Å². The Kier molecular flexibility index (Phi) is 6.15. The van der Waals surface area contributed by atoms with Crippen LogP contribution in [0.4, 0.5) is 0 Å². The van der Waals surface area contributed by atoms with Gasteiger partial charge in [-0.05, 0) is 52.0 Å². The Hall–Kier alpha value is -0.0800. The SMILES string of the molecule is CCCCC(C)N1C2CCCC1CC(NCCC)C2. The second-order valence-electron chi connectivity index (χ2n) is 6.80. The Morgan fingerprint density at radius 1 is 1.11 bits per heavy atom. The van der Waals surface area contributed by atoms with Gasteiger partial charge in [0.05, 0.1) is 0 Å². The Labute approximate surface area is 120 Å². The molecule has 3 atom stereocenters. The number of piperidine rings is 2. The lowest BCUT2D eigenvalue weighted by Gasteiger charge is -2.52. The molecule has 19 heavy (non-hydrogen) atoms. The van der Waals surface area contributed by atoms with Gasteiger partial charge in [0.15, 0.2) is 0 Å². The van der Waals surface area contributed by atoms with Gasteiger partial charge in [-0.25, -0.2) is 0 Å². The van der Waals surface area contributed by atoms with Crippen molar-refractivity contribution in [3.63, 3.8) is 0 Å². The van der Waals surface area contributed by atoms with E-state index in [2.05, 4.69) is 31.0 Å². The number of nitrogens with one attached hydrogen (secondary N) is 1. The average Bonchev–Trinajstić information content (AvgIpc) is 2.41. The molecule has 2 rings (SSSR count). The fraction of sp³-hybridized carbons (Fsp3) is 1.00. The van der Waals surface area contributed by atoms with Crippen LogP contribution in [0.25, 0.3) is 0 Å². The van der Waals surface area contributed by atoms with Crippen LogP contribution < -0.4 is 5.32 Å². The van der Waals surface area contributed by atoms with Gasteiger partial charge in [0.25, 0.3) is 0 Å². The number of fused-ring (bicyclic) bond motifs is 2. The van der Waals surface area contributed by atoms with Crippen molar-refractivity contribution in [2.75, 3.05) is 6.54 Å². The molecule has 0 aromatic heterocycles. The lowest BCUT2D eigenvalue weighted by molar-refractivity contribution is -0.00823. The highest BCUT2D eigenvalue weighted by atomic mass is 15.2. The molecule has 1 N–H and O–H groups in total. The summed E-state index contributed by atoms with van der Waals surface area (Å²) in [6, 6.07) is 3.34. The number of hydrogen-bond donors (Lipinski definition) is 1. The van der Waals surface area contributed by atoms with E-state index in [9.17, 15) is 0 Å². The van der Waals surface area contributed by atoms with Gasteiger partial charge in [-0.1, -0.05) is 33.1 Å². The summed E-state index contributed by atoms with van der Waals surface area (Å²) in [7, 11) is 0. The van der Waals surface area contributed by atoms with Crippen molar-refractivity contribution in [1.82, 2.24) is 10.2 Å². The standard InChI is InChI=1S/C17H34N2/c1-4-6-8-14(3)19-16-9-7-10-17(19)13-15(12-16)18-11-5-2/h14-18H,4-13H2,1-3H3. The van der Waals surface area contributed by atoms with Crippen LogP contribution in [0.2, 0.25) is 0 Å². The second-order valence-corrected chi connectivity index (χ2v) is 6.80. The van der Waals surface area contributed by atoms with Gasteiger partial charge in [-0.2, -0.15) is 0 Å². The highest BCUT2D eigenvalue weighted by molar-refractivity contribution is 4.96. The number of hydrogen-bond acceptors (Lipinski definition) is 2. The molecule has 2 aliphatic rings. The summed E-state index contributed by atoms with van der Waals surface area (Å²) in [6.45, 7) is 8.26. The molecule has 2 bridgehead atoms. The Morgan fingerprint density at radius 2 is 1.79 bits per heavy atom. The van der Waals surface area contributed by atoms with E-state index in [0.717, 1.165) is 24.2 Å². The maximum Gasteiger partial charge on any atom is 0.0116 e. The molecule has 0 radical (unpaired) electrons. The van der Waals surface area contributed by atoms with Crippen molar-refractivity contribution in [1.29, 1.82) is 0 Å². The van der Waals surface area contributed by atoms with Crippen LogP contribution in [0.5, 0.6) is 0 Å². The molecule has 0 spiro atoms. The molecule has 112 valence electrons. The van der Waals surface area contributed by atoms with Crippen LogP contribution in [0, 0.1) is 0 Å². The molecule has 3 unspecified atom stereocenters. The molecule has 0 saturated carbocycles. The summed E-state index contributed by atoms with van der Waals surface area (Å²) in [4.78, 5) is 2.91. The van der Waals surface area contributed by atoms with Crippen molar-refractivity contribution in [2.24, 2.45) is 0 Å². The smallest absolute Gasteiger partial charge is 0.0116 e. The third kappa shape index (κ3) is 3.95. The summed E-state index contributed by atoms with van der Waals surface area (Å²) < 4.78 is 0. The molecule has 0 aromatic carbocycles. The lowest BCUT2D eigenvalue weighted by atomic mass is 9.80. The van der Waals surface area contributed by atoms with Crippen LogP contribution in [0.3, 0.4) is 0 Å². The van der Waals surface area contributed by atoms with Crippen molar-refractivity contribution in [3.8, 4) is 0 Å². The molecule has 2 heterocycles. The van der Waals surface area contributed by atoms with Crippen LogP contribution >= 0.6 is 0 Å². The van der Waals surface area contributed by atoms with Gasteiger partial charge in [0, 0.05) is 24.2 Å². The molecule has 0 aromatic rings. The van der Waals surface area contributed by atoms with Crippen molar-refractivity contribution >= 4 is 0 Å². The normalized spacial score (nSPS) is 33.3. The predicted molar refractivity (Wildman–Crippen MR) is 83.6 cm³/mol. The first-order valence-electron chi connectivity index (χ1n) is 8.77. The highest BCUT2D eigenvalue weighted by Crippen LogP contribution is 2.36. The maximum atomic E-state index is 3.78. The van der Waals surface area contributed by atoms with Gasteiger partial charge < -0.3 is 5.32 Å². The molecular formula is C17H34N2. The number of nitrogens with zero attached hydrogens (tertiary/aromatic N) is 1. The highest BCUT2D eigenvalue weighted by Gasteiger charge is 2.39. The Bertz CT molecular complexity index is 240. The first-order chi connectivity index (χ1) is 9.26. The summed E-state index contributed by atoms with van der Waals surface area (Å²) >= 11 is 0. The first-order valence-corrected chi connectivity index (χ1v) is 8.77. The second kappa shape index (κ2) is 7.64. The molecule has 2 fully saturated rings. The summed E-state index contributed by atoms with van der Waals surface area (Å²) in [5.74, 6) is 0. The van der Waals surface area contributed by atoms with E-state index in [1.165, 1.54) is 64.3 Å². The quantitative estimate of drug-likeness (QED) is 0.750. The third-order valence-electron chi connectivity index (χ3n) is 5.20. The zero-order valence-electron chi connectivity index (χ0n) is 13.3. The largest absolute Gasteiger partial charge is 0.314 e. The maximum absolute atomic E-state index is 3.78. The van der Waals surface area contributed by atoms with E-state index < -0.39 is 0 Å². The van der Waals surface area contributed by atoms with E-state index in [4.69, 9.17) is 0 Å². The summed E-state index contributed by atoms with van der Waals surface area (Å²) in [5, 5.41) is 3.78. The van der Waals surface area contributed by atoms with E-state index in [0.29, 0.717) is 0 Å². The van der Waals surface area contributed by atoms with Crippen molar-refractivity contribution in [3.05, 3.63) is 0 Å². The van der Waals surface area contributed by atoms with Crippen molar-refractivity contribution < 1.29 is 0 Å². The van der Waals surface area contributed by atoms with Crippen molar-refractivity contribution in [2.45, 2.75) is 103 Å². The van der Waals surface area contributed by atoms with Crippen LogP contribution in [0.1, 0.15) is 78.6 Å². The first kappa shape index (κ1) is 15.3. The predicted octanol–water partition coefficient (Wildman–Crippen LogP) is 3.95. The van der Waals surface area contributed by atoms with Gasteiger partial charge >= 0.3 is 0 Å². The minimum Gasteiger partial charge on any atom is -0.314 e. The van der Waals surface area contributed by atoms with Gasteiger partial charge in [0.1, 0.15) is 0 Å². The number of unbranched alkanes of at least 4 members (excludes halogenated alkanes) is 1. The van der Waals surface area contributed by atoms with E-state index in [1.54, 1.807) is 0 Å². The van der Waals surface area contributed by atoms with Crippen LogP contribution in [-0.2, 0) is 0 Å².